The normalized spacial score (nSPS) is 13.6. The summed E-state index contributed by atoms with van der Waals surface area (Å²) < 4.78 is 32.5. The van der Waals surface area contributed by atoms with Crippen molar-refractivity contribution in [1.82, 2.24) is 0 Å². The summed E-state index contributed by atoms with van der Waals surface area (Å²) in [7, 11) is -4.37. The molecule has 272 valence electrons. The van der Waals surface area contributed by atoms with Gasteiger partial charge in [-0.2, -0.15) is 0 Å². The molecule has 0 saturated heterocycles. The monoisotopic (exact) mass is 675 g/mol. The smallest absolute Gasteiger partial charge is 0.462 e. The van der Waals surface area contributed by atoms with E-state index in [2.05, 4.69) is 19.9 Å². The lowest BCUT2D eigenvalue weighted by molar-refractivity contribution is -0.161. The highest BCUT2D eigenvalue weighted by atomic mass is 31.2. The van der Waals surface area contributed by atoms with Crippen LogP contribution in [-0.4, -0.2) is 49.3 Å². The molecular formula is C36H70NO8P. The zero-order chi connectivity index (χ0) is 34.0. The van der Waals surface area contributed by atoms with Gasteiger partial charge in [0.2, 0.25) is 0 Å². The number of hydrogen-bond acceptors (Lipinski definition) is 8. The second-order valence-electron chi connectivity index (χ2n) is 12.4. The molecule has 0 aromatic carbocycles. The van der Waals surface area contributed by atoms with Crippen LogP contribution in [0.3, 0.4) is 0 Å². The highest BCUT2D eigenvalue weighted by Gasteiger charge is 2.25. The van der Waals surface area contributed by atoms with E-state index in [9.17, 15) is 19.0 Å². The Hall–Kier alpha value is -1.25. The first-order valence-corrected chi connectivity index (χ1v) is 20.2. The summed E-state index contributed by atoms with van der Waals surface area (Å²) in [5.41, 5.74) is 5.32. The first-order valence-electron chi connectivity index (χ1n) is 18.7. The molecule has 0 spiro atoms. The van der Waals surface area contributed by atoms with Crippen LogP contribution in [-0.2, 0) is 32.7 Å². The lowest BCUT2D eigenvalue weighted by Crippen LogP contribution is -2.29. The van der Waals surface area contributed by atoms with E-state index < -0.39 is 32.5 Å². The van der Waals surface area contributed by atoms with E-state index in [1.807, 2.05) is 6.08 Å². The molecule has 0 aliphatic carbocycles. The van der Waals surface area contributed by atoms with Gasteiger partial charge in [0, 0.05) is 19.4 Å². The van der Waals surface area contributed by atoms with Crippen LogP contribution < -0.4 is 5.73 Å². The molecule has 0 rings (SSSR count). The minimum Gasteiger partial charge on any atom is -0.462 e. The van der Waals surface area contributed by atoms with Crippen molar-refractivity contribution < 1.29 is 37.6 Å². The van der Waals surface area contributed by atoms with Crippen LogP contribution in [0, 0.1) is 0 Å². The minimum absolute atomic E-state index is 0.0513. The number of allylic oxidation sites excluding steroid dienone is 2. The summed E-state index contributed by atoms with van der Waals surface area (Å²) >= 11 is 0. The SMILES string of the molecule is CCCCCCCCCCCCC/C=C/CCC(=O)O[C@H](COC(=O)CCCCCCCCCCCC)COP(=O)(O)OCCN. The van der Waals surface area contributed by atoms with Crippen LogP contribution in [0.4, 0.5) is 0 Å². The van der Waals surface area contributed by atoms with E-state index >= 15 is 0 Å². The third-order valence-corrected chi connectivity index (χ3v) is 8.90. The molecule has 0 aliphatic rings. The highest BCUT2D eigenvalue weighted by Crippen LogP contribution is 2.43. The fourth-order valence-corrected chi connectivity index (χ4v) is 5.89. The topological polar surface area (TPSA) is 134 Å². The second-order valence-corrected chi connectivity index (χ2v) is 13.9. The van der Waals surface area contributed by atoms with Crippen molar-refractivity contribution in [3.63, 3.8) is 0 Å². The number of rotatable bonds is 35. The summed E-state index contributed by atoms with van der Waals surface area (Å²) in [5, 5.41) is 0. The predicted molar refractivity (Wildman–Crippen MR) is 188 cm³/mol. The van der Waals surface area contributed by atoms with Gasteiger partial charge in [-0.15, -0.1) is 0 Å². The summed E-state index contributed by atoms with van der Waals surface area (Å²) in [6.07, 6.45) is 31.1. The molecule has 0 heterocycles. The van der Waals surface area contributed by atoms with E-state index in [-0.39, 0.29) is 32.6 Å². The zero-order valence-corrected chi connectivity index (χ0v) is 30.5. The average molecular weight is 676 g/mol. The zero-order valence-electron chi connectivity index (χ0n) is 29.6. The van der Waals surface area contributed by atoms with Gasteiger partial charge in [-0.3, -0.25) is 18.6 Å². The number of ether oxygens (including phenoxy) is 2. The van der Waals surface area contributed by atoms with Gasteiger partial charge in [0.05, 0.1) is 13.2 Å². The molecule has 0 radical (unpaired) electrons. The molecule has 2 atom stereocenters. The third kappa shape index (κ3) is 32.7. The standard InChI is InChI=1S/C36H70NO8P/c1-3-5-7-9-11-13-15-16-17-18-19-21-23-25-27-29-36(39)45-34(33-44-46(40,41)43-31-30-37)32-42-35(38)28-26-24-22-20-14-12-10-8-6-4-2/h23,25,34H,3-22,24,26-33,37H2,1-2H3,(H,40,41)/b25-23+/t34-/m1/s1. The Bertz CT molecular complexity index is 779. The molecular weight excluding hydrogens is 605 g/mol. The van der Waals surface area contributed by atoms with Crippen molar-refractivity contribution in [3.8, 4) is 0 Å². The highest BCUT2D eigenvalue weighted by molar-refractivity contribution is 7.47. The van der Waals surface area contributed by atoms with Crippen molar-refractivity contribution in [2.45, 2.75) is 180 Å². The van der Waals surface area contributed by atoms with Crippen LogP contribution in [0.5, 0.6) is 0 Å². The number of carbonyl (C=O) groups excluding carboxylic acids is 2. The summed E-state index contributed by atoms with van der Waals surface area (Å²) in [5.74, 6) is -0.883. The van der Waals surface area contributed by atoms with E-state index in [0.29, 0.717) is 6.42 Å². The molecule has 0 fully saturated rings. The molecule has 0 amide bonds. The number of nitrogens with two attached hydrogens (primary N) is 1. The Labute approximate surface area is 281 Å². The van der Waals surface area contributed by atoms with E-state index in [0.717, 1.165) is 32.1 Å². The van der Waals surface area contributed by atoms with Crippen LogP contribution in [0.15, 0.2) is 12.2 Å². The van der Waals surface area contributed by atoms with Gasteiger partial charge in [0.15, 0.2) is 6.10 Å². The van der Waals surface area contributed by atoms with Crippen molar-refractivity contribution in [3.05, 3.63) is 12.2 Å². The lowest BCUT2D eigenvalue weighted by Gasteiger charge is -2.19. The van der Waals surface area contributed by atoms with E-state index in [4.69, 9.17) is 24.3 Å². The lowest BCUT2D eigenvalue weighted by atomic mass is 10.1. The van der Waals surface area contributed by atoms with Crippen LogP contribution in [0.25, 0.3) is 0 Å². The molecule has 46 heavy (non-hydrogen) atoms. The molecule has 0 bridgehead atoms. The summed E-state index contributed by atoms with van der Waals surface area (Å²) in [6.45, 7) is 3.67. The fourth-order valence-electron chi connectivity index (χ4n) is 5.12. The molecule has 0 aromatic rings. The number of phosphoric acid groups is 1. The van der Waals surface area contributed by atoms with Crippen molar-refractivity contribution >= 4 is 19.8 Å². The number of unbranched alkanes of at least 4 members (excludes halogenated alkanes) is 20. The van der Waals surface area contributed by atoms with Gasteiger partial charge in [0.25, 0.3) is 0 Å². The molecule has 0 aromatic heterocycles. The van der Waals surface area contributed by atoms with Gasteiger partial charge in [-0.25, -0.2) is 4.57 Å². The molecule has 3 N–H and O–H groups in total. The van der Waals surface area contributed by atoms with Gasteiger partial charge in [-0.1, -0.05) is 148 Å². The molecule has 10 heteroatoms. The number of esters is 2. The molecule has 0 saturated carbocycles. The summed E-state index contributed by atoms with van der Waals surface area (Å²) in [6, 6.07) is 0. The van der Waals surface area contributed by atoms with Crippen molar-refractivity contribution in [2.75, 3.05) is 26.4 Å². The van der Waals surface area contributed by atoms with Crippen molar-refractivity contribution in [1.29, 1.82) is 0 Å². The maximum Gasteiger partial charge on any atom is 0.472 e. The quantitative estimate of drug-likeness (QED) is 0.0291. The van der Waals surface area contributed by atoms with Crippen LogP contribution in [0.1, 0.15) is 174 Å². The minimum atomic E-state index is -4.37. The molecule has 1 unspecified atom stereocenters. The van der Waals surface area contributed by atoms with Gasteiger partial charge in [0.1, 0.15) is 6.61 Å². The number of carbonyl (C=O) groups is 2. The first kappa shape index (κ1) is 44.8. The largest absolute Gasteiger partial charge is 0.472 e. The molecule has 0 aliphatic heterocycles. The van der Waals surface area contributed by atoms with Gasteiger partial charge in [-0.05, 0) is 25.7 Å². The van der Waals surface area contributed by atoms with Crippen LogP contribution >= 0.6 is 7.82 Å². The second kappa shape index (κ2) is 33.6. The third-order valence-electron chi connectivity index (χ3n) is 7.91. The Balaban J connectivity index is 4.26. The predicted octanol–water partition coefficient (Wildman–Crippen LogP) is 9.88. The Morgan fingerprint density at radius 1 is 0.630 bits per heavy atom. The van der Waals surface area contributed by atoms with Gasteiger partial charge >= 0.3 is 19.8 Å². The van der Waals surface area contributed by atoms with E-state index in [1.54, 1.807) is 0 Å². The first-order chi connectivity index (χ1) is 22.3. The van der Waals surface area contributed by atoms with Crippen molar-refractivity contribution in [2.24, 2.45) is 5.73 Å². The average Bonchev–Trinajstić information content (AvgIpc) is 3.04. The van der Waals surface area contributed by atoms with Crippen LogP contribution in [0.2, 0.25) is 0 Å². The molecule has 9 nitrogen and oxygen atoms in total. The fraction of sp³-hybridized carbons (Fsp3) is 0.889. The number of phosphoric ester groups is 1. The van der Waals surface area contributed by atoms with E-state index in [1.165, 1.54) is 109 Å². The maximum absolute atomic E-state index is 12.5. The Morgan fingerprint density at radius 3 is 1.63 bits per heavy atom. The van der Waals surface area contributed by atoms with Gasteiger partial charge < -0.3 is 20.1 Å². The summed E-state index contributed by atoms with van der Waals surface area (Å²) in [4.78, 5) is 34.6. The Kier molecular flexibility index (Phi) is 32.7. The number of hydrogen-bond donors (Lipinski definition) is 2. The maximum atomic E-state index is 12.5. The Morgan fingerprint density at radius 2 is 1.11 bits per heavy atom.